The maximum Gasteiger partial charge on any atom is 1.00 e. The Bertz CT molecular complexity index is 888. The van der Waals surface area contributed by atoms with Gasteiger partial charge < -0.3 is 58.8 Å². The van der Waals surface area contributed by atoms with Gasteiger partial charge in [0.15, 0.2) is 0 Å². The Kier molecular flexibility index (Phi) is 52.7. The van der Waals surface area contributed by atoms with Gasteiger partial charge in [-0.25, -0.2) is 0 Å². The van der Waals surface area contributed by atoms with Crippen LogP contribution in [0.15, 0.2) is 36.4 Å². The summed E-state index contributed by atoms with van der Waals surface area (Å²) in [6.07, 6.45) is 0. The van der Waals surface area contributed by atoms with Crippen molar-refractivity contribution in [1.82, 2.24) is 0 Å². The van der Waals surface area contributed by atoms with Gasteiger partial charge in [-0.1, -0.05) is 24.3 Å². The van der Waals surface area contributed by atoms with E-state index in [4.69, 9.17) is 19.2 Å². The van der Waals surface area contributed by atoms with Crippen molar-refractivity contribution in [2.75, 3.05) is 0 Å². The minimum absolute atomic E-state index is 0. The summed E-state index contributed by atoms with van der Waals surface area (Å²) in [5.41, 5.74) is -2.44. The molecule has 0 aliphatic carbocycles. The molecule has 0 aromatic heterocycles. The molecule has 0 amide bonds. The van der Waals surface area contributed by atoms with Crippen LogP contribution in [0.5, 0.6) is 0 Å². The molecule has 2 rings (SSSR count). The van der Waals surface area contributed by atoms with Gasteiger partial charge in [-0.15, -0.1) is 0 Å². The van der Waals surface area contributed by atoms with Crippen molar-refractivity contribution in [2.24, 2.45) is 0 Å². The van der Waals surface area contributed by atoms with Crippen molar-refractivity contribution in [2.45, 2.75) is 0 Å². The molecule has 0 heterocycles. The summed E-state index contributed by atoms with van der Waals surface area (Å²) in [6, 6.07) is 5.65. The van der Waals surface area contributed by atoms with E-state index in [0.29, 0.717) is 0 Å². The molecule has 0 saturated carbocycles. The second-order valence-electron chi connectivity index (χ2n) is 4.67. The first-order valence-corrected chi connectivity index (χ1v) is 7.51. The summed E-state index contributed by atoms with van der Waals surface area (Å²) < 4.78 is 0. The molecule has 0 radical (unpaired) electrons. The van der Waals surface area contributed by atoms with Crippen molar-refractivity contribution in [1.29, 1.82) is 0 Å². The predicted octanol–water partition coefficient (Wildman–Crippen LogP) is -15.9. The molecule has 0 N–H and O–H groups in total. The number of carbonyl (C=O) groups excluding carboxylic acids is 8. The van der Waals surface area contributed by atoms with E-state index in [0.717, 1.165) is 36.4 Å². The first kappa shape index (κ1) is 55.2. The van der Waals surface area contributed by atoms with Crippen LogP contribution in [0, 0.1) is 0 Å². The van der Waals surface area contributed by atoms with E-state index in [-0.39, 0.29) is 287 Å². The van der Waals surface area contributed by atoms with Crippen LogP contribution in [0.4, 0.5) is 0 Å². The average molecular weight is 978 g/mol. The van der Waals surface area contributed by atoms with Gasteiger partial charge >= 0.3 is 276 Å². The quantitative estimate of drug-likeness (QED) is 0.272. The van der Waals surface area contributed by atoms with Crippen LogP contribution in [-0.2, 0) is 19.2 Å². The van der Waals surface area contributed by atoms with Crippen LogP contribution in [0.3, 0.4) is 0 Å². The van der Waals surface area contributed by atoms with Crippen LogP contribution >= 0.6 is 0 Å². The molecule has 0 fully saturated rings. The molecule has 12 nitrogen and oxygen atoms in total. The van der Waals surface area contributed by atoms with Gasteiger partial charge in [0.25, 0.3) is 0 Å². The summed E-state index contributed by atoms with van der Waals surface area (Å²) in [4.78, 5) is 76.1. The fourth-order valence-electron chi connectivity index (χ4n) is 2.15. The van der Waals surface area contributed by atoms with Crippen molar-refractivity contribution in [3.63, 3.8) is 0 Å². The third-order valence-electron chi connectivity index (χ3n) is 3.24. The molecule has 0 atom stereocenters. The Labute approximate surface area is 441 Å². The smallest absolute Gasteiger partial charge is 0.545 e. The summed E-state index contributed by atoms with van der Waals surface area (Å²) in [6.45, 7) is 8.00. The normalized spacial score (nSPS) is 7.22. The SMILES string of the molecule is C=O.C=O.C=O.C=O.O=C([O-])c1ccc(-c2ccc(C(=O)[O-])cc2C(=O)[O-])c(C(=O)[O-])c1.[Cs+].[Cs+].[Cs+].[Cs+]. The van der Waals surface area contributed by atoms with Crippen molar-refractivity contribution in [3.8, 4) is 11.1 Å². The molecule has 16 heteroatoms. The van der Waals surface area contributed by atoms with Crippen molar-refractivity contribution >= 4 is 51.0 Å². The molecular formula is C20H14Cs4O12. The zero-order chi connectivity index (χ0) is 26.0. The third kappa shape index (κ3) is 20.1. The second kappa shape index (κ2) is 34.4. The van der Waals surface area contributed by atoms with Crippen LogP contribution in [-0.4, -0.2) is 51.0 Å². The third-order valence-corrected chi connectivity index (χ3v) is 3.24. The van der Waals surface area contributed by atoms with Crippen LogP contribution in [0.1, 0.15) is 41.4 Å². The minimum atomic E-state index is -1.75. The monoisotopic (exact) mass is 978 g/mol. The molecule has 0 spiro atoms. The Morgan fingerprint density at radius 2 is 0.667 bits per heavy atom. The Morgan fingerprint density at radius 1 is 0.444 bits per heavy atom. The molecule has 0 unspecified atom stereocenters. The van der Waals surface area contributed by atoms with E-state index < -0.39 is 46.1 Å². The fraction of sp³-hybridized carbons (Fsp3) is 0. The predicted molar refractivity (Wildman–Crippen MR) is 97.7 cm³/mol. The van der Waals surface area contributed by atoms with Gasteiger partial charge in [0.2, 0.25) is 0 Å². The second-order valence-corrected chi connectivity index (χ2v) is 4.67. The number of hydrogen-bond donors (Lipinski definition) is 0. The molecule has 0 saturated heterocycles. The van der Waals surface area contributed by atoms with Gasteiger partial charge in [0, 0.05) is 11.1 Å². The summed E-state index contributed by atoms with van der Waals surface area (Å²) >= 11 is 0. The number of carboxylic acids is 4. The molecule has 2 aromatic carbocycles. The molecule has 36 heavy (non-hydrogen) atoms. The van der Waals surface area contributed by atoms with Gasteiger partial charge in [-0.05, 0) is 34.4 Å². The zero-order valence-electron chi connectivity index (χ0n) is 20.2. The van der Waals surface area contributed by atoms with E-state index in [9.17, 15) is 39.6 Å². The van der Waals surface area contributed by atoms with Gasteiger partial charge in [0.05, 0.1) is 23.9 Å². The number of rotatable bonds is 5. The van der Waals surface area contributed by atoms with Gasteiger partial charge in [0.1, 0.15) is 27.2 Å². The molecule has 0 bridgehead atoms. The largest absolute Gasteiger partial charge is 1.00 e. The first-order valence-electron chi connectivity index (χ1n) is 7.51. The number of benzene rings is 2. The maximum absolute atomic E-state index is 11.2. The Morgan fingerprint density at radius 3 is 0.833 bits per heavy atom. The van der Waals surface area contributed by atoms with E-state index >= 15 is 0 Å². The molecular weight excluding hydrogens is 964 g/mol. The molecule has 170 valence electrons. The Hall–Kier alpha value is 3.21. The maximum atomic E-state index is 11.2. The van der Waals surface area contributed by atoms with Gasteiger partial charge in [-0.2, -0.15) is 0 Å². The summed E-state index contributed by atoms with van der Waals surface area (Å²) in [5.74, 6) is -6.75. The fourth-order valence-corrected chi connectivity index (χ4v) is 2.15. The van der Waals surface area contributed by atoms with Crippen molar-refractivity contribution < 1.29 is 334 Å². The van der Waals surface area contributed by atoms with Crippen LogP contribution in [0.2, 0.25) is 0 Å². The van der Waals surface area contributed by atoms with E-state index in [1.165, 1.54) is 0 Å². The molecule has 0 aliphatic rings. The number of hydrogen-bond acceptors (Lipinski definition) is 12. The van der Waals surface area contributed by atoms with E-state index in [2.05, 4.69) is 0 Å². The number of carbonyl (C=O) groups is 8. The first-order chi connectivity index (χ1) is 15.2. The van der Waals surface area contributed by atoms with Gasteiger partial charge in [-0.3, -0.25) is 0 Å². The summed E-state index contributed by atoms with van der Waals surface area (Å²) in [7, 11) is 0. The molecule has 0 aliphatic heterocycles. The van der Waals surface area contributed by atoms with E-state index in [1.54, 1.807) is 0 Å². The zero-order valence-corrected chi connectivity index (χ0v) is 45.3. The van der Waals surface area contributed by atoms with E-state index in [1.807, 2.05) is 27.2 Å². The molecule has 2 aromatic rings. The van der Waals surface area contributed by atoms with Crippen LogP contribution < -0.4 is 296 Å². The number of carboxylic acid groups (broad SMARTS) is 4. The van der Waals surface area contributed by atoms with Crippen molar-refractivity contribution in [3.05, 3.63) is 58.7 Å². The average Bonchev–Trinajstić information content (AvgIpc) is 2.83. The minimum Gasteiger partial charge on any atom is -0.545 e. The number of aromatic carboxylic acids is 4. The summed E-state index contributed by atoms with van der Waals surface area (Å²) in [5, 5.41) is 44.1. The Balaban J connectivity index is -0.000000128. The van der Waals surface area contributed by atoms with Crippen LogP contribution in [0.25, 0.3) is 11.1 Å². The standard InChI is InChI=1S/C16H10O8.4CH2O.4Cs/c17-13(18)7-1-3-9(11(5-7)15(21)22)10-4-2-8(14(19)20)6-12(10)16(23)24;4*1-2;;;;/h1-6H,(H,17,18)(H,19,20)(H,21,22)(H,23,24);4*1H2;;;;/q;;;;;4*+1/p-4. The topological polar surface area (TPSA) is 229 Å².